The summed E-state index contributed by atoms with van der Waals surface area (Å²) in [6.07, 6.45) is 2.19. The third-order valence-corrected chi connectivity index (χ3v) is 6.44. The first kappa shape index (κ1) is 17.3. The molecule has 0 aliphatic heterocycles. The van der Waals surface area contributed by atoms with Crippen LogP contribution in [0.25, 0.3) is 49.6 Å². The highest BCUT2D eigenvalue weighted by Gasteiger charge is 2.24. The van der Waals surface area contributed by atoms with Crippen molar-refractivity contribution in [2.45, 2.75) is 20.8 Å². The first-order chi connectivity index (χ1) is 14.5. The van der Waals surface area contributed by atoms with Crippen LogP contribution in [0.1, 0.15) is 16.7 Å². The van der Waals surface area contributed by atoms with Crippen LogP contribution in [-0.2, 0) is 7.05 Å². The Bertz CT molecular complexity index is 1630. The van der Waals surface area contributed by atoms with E-state index in [-0.39, 0.29) is 0 Å². The van der Waals surface area contributed by atoms with Gasteiger partial charge < -0.3 is 4.42 Å². The van der Waals surface area contributed by atoms with Crippen LogP contribution in [-0.4, -0.2) is 4.57 Å². The molecule has 0 saturated carbocycles. The molecule has 6 aromatic rings. The molecule has 3 nitrogen and oxygen atoms in total. The van der Waals surface area contributed by atoms with Crippen LogP contribution >= 0.6 is 0 Å². The monoisotopic (exact) mass is 391 g/mol. The minimum Gasteiger partial charge on any atom is -0.456 e. The van der Waals surface area contributed by atoms with Gasteiger partial charge in [-0.05, 0) is 56.2 Å². The maximum Gasteiger partial charge on any atom is 0.290 e. The van der Waals surface area contributed by atoms with Crippen molar-refractivity contribution < 1.29 is 8.98 Å². The Hall–Kier alpha value is -3.59. The Morgan fingerprint density at radius 2 is 1.60 bits per heavy atom. The number of hydrogen-bond acceptors (Lipinski definition) is 1. The van der Waals surface area contributed by atoms with E-state index in [4.69, 9.17) is 4.42 Å². The number of rotatable bonds is 1. The van der Waals surface area contributed by atoms with Gasteiger partial charge in [-0.15, -0.1) is 0 Å². The summed E-state index contributed by atoms with van der Waals surface area (Å²) in [5.41, 5.74) is 8.21. The summed E-state index contributed by atoms with van der Waals surface area (Å²) in [4.78, 5) is 0. The van der Waals surface area contributed by atoms with E-state index in [1.165, 1.54) is 38.5 Å². The summed E-state index contributed by atoms with van der Waals surface area (Å²) in [6.45, 7) is 6.56. The smallest absolute Gasteiger partial charge is 0.290 e. The number of hydrogen-bond donors (Lipinski definition) is 0. The fourth-order valence-electron chi connectivity index (χ4n) is 4.75. The molecule has 6 rings (SSSR count). The van der Waals surface area contributed by atoms with Gasteiger partial charge in [0, 0.05) is 16.2 Å². The number of aryl methyl sites for hydroxylation is 4. The summed E-state index contributed by atoms with van der Waals surface area (Å²) in [6, 6.07) is 21.6. The van der Waals surface area contributed by atoms with Crippen molar-refractivity contribution >= 4 is 43.7 Å². The highest BCUT2D eigenvalue weighted by molar-refractivity contribution is 6.11. The van der Waals surface area contributed by atoms with Gasteiger partial charge in [-0.2, -0.15) is 4.57 Å². The first-order valence-corrected chi connectivity index (χ1v) is 10.4. The number of benzene rings is 3. The molecule has 30 heavy (non-hydrogen) atoms. The lowest BCUT2D eigenvalue weighted by Gasteiger charge is -2.07. The summed E-state index contributed by atoms with van der Waals surface area (Å²) in [5.74, 6) is 1.10. The normalized spacial score (nSPS) is 12.0. The Labute approximate surface area is 174 Å². The van der Waals surface area contributed by atoms with Gasteiger partial charge in [0.25, 0.3) is 5.82 Å². The zero-order valence-corrected chi connectivity index (χ0v) is 17.7. The minimum absolute atomic E-state index is 0.914. The number of fused-ring (bicyclic) bond motifs is 6. The fourth-order valence-corrected chi connectivity index (χ4v) is 4.75. The van der Waals surface area contributed by atoms with Crippen molar-refractivity contribution in [2.24, 2.45) is 7.05 Å². The van der Waals surface area contributed by atoms with E-state index >= 15 is 0 Å². The molecular formula is C27H23N2O+. The topological polar surface area (TPSA) is 21.9 Å². The van der Waals surface area contributed by atoms with Gasteiger partial charge in [-0.3, -0.25) is 0 Å². The van der Waals surface area contributed by atoms with Crippen LogP contribution in [0.15, 0.2) is 71.3 Å². The van der Waals surface area contributed by atoms with E-state index in [1.807, 2.05) is 12.1 Å². The first-order valence-electron chi connectivity index (χ1n) is 10.4. The van der Waals surface area contributed by atoms with E-state index in [1.54, 1.807) is 0 Å². The van der Waals surface area contributed by atoms with E-state index in [0.29, 0.717) is 0 Å². The maximum absolute atomic E-state index is 6.22. The molecule has 146 valence electrons. The molecule has 3 heterocycles. The lowest BCUT2D eigenvalue weighted by Crippen LogP contribution is -2.33. The Morgan fingerprint density at radius 1 is 0.767 bits per heavy atom. The quantitative estimate of drug-likeness (QED) is 0.296. The van der Waals surface area contributed by atoms with Crippen molar-refractivity contribution in [3.05, 3.63) is 83.6 Å². The van der Waals surface area contributed by atoms with E-state index in [2.05, 4.69) is 91.7 Å². The third-order valence-electron chi connectivity index (χ3n) is 6.44. The molecule has 0 atom stereocenters. The molecule has 3 heteroatoms. The fraction of sp³-hybridized carbons (Fsp3) is 0.148. The molecule has 0 radical (unpaired) electrons. The zero-order valence-electron chi connectivity index (χ0n) is 17.7. The zero-order chi connectivity index (χ0) is 20.6. The van der Waals surface area contributed by atoms with Crippen molar-refractivity contribution in [1.82, 2.24) is 4.57 Å². The average molecular weight is 391 g/mol. The van der Waals surface area contributed by atoms with Crippen LogP contribution in [0, 0.1) is 20.8 Å². The second-order valence-electron chi connectivity index (χ2n) is 8.38. The largest absolute Gasteiger partial charge is 0.456 e. The van der Waals surface area contributed by atoms with Gasteiger partial charge in [-0.25, -0.2) is 4.57 Å². The van der Waals surface area contributed by atoms with Gasteiger partial charge >= 0.3 is 0 Å². The molecule has 0 aliphatic carbocycles. The Kier molecular flexibility index (Phi) is 3.43. The van der Waals surface area contributed by atoms with Crippen molar-refractivity contribution in [2.75, 3.05) is 0 Å². The molecular weight excluding hydrogens is 368 g/mol. The third kappa shape index (κ3) is 2.23. The van der Waals surface area contributed by atoms with Crippen LogP contribution in [0.5, 0.6) is 0 Å². The number of para-hydroxylation sites is 1. The standard InChI is InChI=1S/C27H23N2O/c1-16-9-12-23-21(13-16)20-11-10-17(2)18(3)27(20)29(23)26-14-25-22(15-28(26)4)19-7-5-6-8-24(19)30-25/h5-15H,1-4H3/q+1. The number of aromatic nitrogens is 2. The van der Waals surface area contributed by atoms with E-state index in [0.717, 1.165) is 27.8 Å². The highest BCUT2D eigenvalue weighted by atomic mass is 16.3. The van der Waals surface area contributed by atoms with E-state index < -0.39 is 0 Å². The van der Waals surface area contributed by atoms with Crippen LogP contribution in [0.4, 0.5) is 0 Å². The maximum atomic E-state index is 6.22. The van der Waals surface area contributed by atoms with Gasteiger partial charge in [0.1, 0.15) is 28.4 Å². The highest BCUT2D eigenvalue weighted by Crippen LogP contribution is 2.36. The van der Waals surface area contributed by atoms with Gasteiger partial charge in [0.05, 0.1) is 18.5 Å². The predicted molar refractivity (Wildman–Crippen MR) is 123 cm³/mol. The Balaban J connectivity index is 1.80. The second-order valence-corrected chi connectivity index (χ2v) is 8.38. The number of furan rings is 1. The molecule has 3 aromatic carbocycles. The van der Waals surface area contributed by atoms with Crippen molar-refractivity contribution in [3.63, 3.8) is 0 Å². The van der Waals surface area contributed by atoms with E-state index in [9.17, 15) is 0 Å². The molecule has 3 aromatic heterocycles. The lowest BCUT2D eigenvalue weighted by atomic mass is 10.0. The summed E-state index contributed by atoms with van der Waals surface area (Å²) in [5, 5.41) is 4.88. The number of nitrogens with zero attached hydrogens (tertiary/aromatic N) is 2. The molecule has 0 amide bonds. The van der Waals surface area contributed by atoms with Crippen LogP contribution < -0.4 is 4.57 Å². The SMILES string of the molecule is Cc1ccc2c(c1)c1ccc(C)c(C)c1n2-c1cc2oc3ccccc3c2c[n+]1C. The second kappa shape index (κ2) is 5.96. The molecule has 0 fully saturated rings. The minimum atomic E-state index is 0.914. The van der Waals surface area contributed by atoms with Gasteiger partial charge in [0.2, 0.25) is 0 Å². The molecule has 0 aliphatic rings. The molecule has 0 bridgehead atoms. The number of pyridine rings is 1. The molecule has 0 unspecified atom stereocenters. The van der Waals surface area contributed by atoms with Crippen molar-refractivity contribution in [1.29, 1.82) is 0 Å². The summed E-state index contributed by atoms with van der Waals surface area (Å²) >= 11 is 0. The van der Waals surface area contributed by atoms with Crippen molar-refractivity contribution in [3.8, 4) is 5.82 Å². The van der Waals surface area contributed by atoms with Gasteiger partial charge in [0.15, 0.2) is 0 Å². The average Bonchev–Trinajstić information content (AvgIpc) is 3.25. The van der Waals surface area contributed by atoms with Crippen LogP contribution in [0.2, 0.25) is 0 Å². The summed E-state index contributed by atoms with van der Waals surface area (Å²) in [7, 11) is 2.12. The molecule has 0 saturated heterocycles. The summed E-state index contributed by atoms with van der Waals surface area (Å²) < 4.78 is 10.8. The molecule has 0 spiro atoms. The molecule has 0 N–H and O–H groups in total. The predicted octanol–water partition coefficient (Wildman–Crippen LogP) is 6.43. The lowest BCUT2D eigenvalue weighted by molar-refractivity contribution is -0.664. The Morgan fingerprint density at radius 3 is 2.47 bits per heavy atom. The van der Waals surface area contributed by atoms with Gasteiger partial charge in [-0.1, -0.05) is 35.9 Å². The van der Waals surface area contributed by atoms with Crippen LogP contribution in [0.3, 0.4) is 0 Å².